The van der Waals surface area contributed by atoms with Crippen LogP contribution in [0.25, 0.3) is 0 Å². The van der Waals surface area contributed by atoms with Crippen LogP contribution in [0.5, 0.6) is 5.75 Å². The number of nitrogens with one attached hydrogen (secondary N) is 2. The fourth-order valence-corrected chi connectivity index (χ4v) is 5.06. The molecule has 0 bridgehead atoms. The Morgan fingerprint density at radius 1 is 1.30 bits per heavy atom. The van der Waals surface area contributed by atoms with Gasteiger partial charge < -0.3 is 15.4 Å². The maximum Gasteiger partial charge on any atom is 0.254 e. The third kappa shape index (κ3) is 5.64. The molecule has 0 saturated carbocycles. The number of carbonyl (C=O) groups excluding carboxylic acids is 1. The third-order valence-electron chi connectivity index (χ3n) is 5.05. The van der Waals surface area contributed by atoms with E-state index in [-0.39, 0.29) is 0 Å². The predicted molar refractivity (Wildman–Crippen MR) is 132 cm³/mol. The summed E-state index contributed by atoms with van der Waals surface area (Å²) in [7, 11) is 1.52. The molecule has 33 heavy (non-hydrogen) atoms. The lowest BCUT2D eigenvalue weighted by Gasteiger charge is -2.30. The Kier molecular flexibility index (Phi) is 8.67. The zero-order valence-corrected chi connectivity index (χ0v) is 20.4. The standard InChI is InChI=1S/C24H22Cl2FN3O2S/c1-14-21(23(31)30-19-6-3-4-7-20(19)32-2)22(16-9-8-15(25)12-18(16)26)17(13-28)24(29-14)33-11-5-10-27/h3-4,6-9,12,22,29H,5,10-11H2,1-2H3,(H,30,31). The molecule has 5 nitrogen and oxygen atoms in total. The van der Waals surface area contributed by atoms with Gasteiger partial charge in [0.15, 0.2) is 0 Å². The number of methoxy groups -OCH3 is 1. The Balaban J connectivity index is 2.09. The maximum atomic E-state index is 13.5. The number of allylic oxidation sites excluding steroid dienone is 2. The normalized spacial score (nSPS) is 15.7. The molecular weight excluding hydrogens is 484 g/mol. The van der Waals surface area contributed by atoms with Crippen LogP contribution < -0.4 is 15.4 Å². The van der Waals surface area contributed by atoms with Crippen molar-refractivity contribution in [2.45, 2.75) is 19.3 Å². The van der Waals surface area contributed by atoms with Gasteiger partial charge in [-0.15, -0.1) is 11.8 Å². The number of nitrogens with zero attached hydrogens (tertiary/aromatic N) is 1. The van der Waals surface area contributed by atoms with Crippen molar-refractivity contribution >= 4 is 46.6 Å². The molecule has 0 radical (unpaired) electrons. The minimum Gasteiger partial charge on any atom is -0.495 e. The fourth-order valence-electron chi connectivity index (χ4n) is 3.54. The number of thioether (sulfide) groups is 1. The molecule has 0 fully saturated rings. The molecule has 1 atom stereocenters. The van der Waals surface area contributed by atoms with E-state index in [1.165, 1.54) is 18.9 Å². The summed E-state index contributed by atoms with van der Waals surface area (Å²) in [6.07, 6.45) is 0.352. The second-order valence-corrected chi connectivity index (χ2v) is 9.11. The van der Waals surface area contributed by atoms with Crippen LogP contribution in [0.2, 0.25) is 10.0 Å². The third-order valence-corrected chi connectivity index (χ3v) is 6.71. The Hall–Kier alpha value is -2.66. The van der Waals surface area contributed by atoms with E-state index in [1.54, 1.807) is 49.4 Å². The van der Waals surface area contributed by atoms with E-state index >= 15 is 0 Å². The Morgan fingerprint density at radius 2 is 2.06 bits per heavy atom. The monoisotopic (exact) mass is 505 g/mol. The Bertz CT molecular complexity index is 1160. The lowest BCUT2D eigenvalue weighted by atomic mass is 9.82. The topological polar surface area (TPSA) is 74.2 Å². The molecule has 1 aliphatic rings. The number of hydrogen-bond donors (Lipinski definition) is 2. The van der Waals surface area contributed by atoms with Crippen LogP contribution in [-0.4, -0.2) is 25.4 Å². The summed E-state index contributed by atoms with van der Waals surface area (Å²) in [5.41, 5.74) is 2.32. The summed E-state index contributed by atoms with van der Waals surface area (Å²) in [4.78, 5) is 13.5. The van der Waals surface area contributed by atoms with Crippen molar-refractivity contribution in [3.8, 4) is 11.8 Å². The van der Waals surface area contributed by atoms with Gasteiger partial charge in [0.2, 0.25) is 0 Å². The summed E-state index contributed by atoms with van der Waals surface area (Å²) in [6.45, 7) is 1.31. The van der Waals surface area contributed by atoms with E-state index in [0.29, 0.717) is 61.1 Å². The number of dihydropyridines is 1. The summed E-state index contributed by atoms with van der Waals surface area (Å²) >= 11 is 13.9. The largest absolute Gasteiger partial charge is 0.495 e. The summed E-state index contributed by atoms with van der Waals surface area (Å²) < 4.78 is 18.0. The lowest BCUT2D eigenvalue weighted by molar-refractivity contribution is -0.113. The molecule has 1 heterocycles. The van der Waals surface area contributed by atoms with Crippen LogP contribution in [0.4, 0.5) is 10.1 Å². The van der Waals surface area contributed by atoms with E-state index < -0.39 is 18.5 Å². The van der Waals surface area contributed by atoms with Crippen molar-refractivity contribution in [3.63, 3.8) is 0 Å². The molecule has 2 aromatic carbocycles. The molecule has 3 rings (SSSR count). The van der Waals surface area contributed by atoms with Crippen LogP contribution in [0.1, 0.15) is 24.8 Å². The number of benzene rings is 2. The number of halogens is 3. The fraction of sp³-hybridized carbons (Fsp3) is 0.250. The number of amides is 1. The maximum absolute atomic E-state index is 13.5. The van der Waals surface area contributed by atoms with Crippen LogP contribution in [0.15, 0.2) is 64.3 Å². The average molecular weight is 506 g/mol. The number of alkyl halides is 1. The molecule has 0 aromatic heterocycles. The number of ether oxygens (including phenoxy) is 1. The van der Waals surface area contributed by atoms with Gasteiger partial charge in [-0.05, 0) is 43.2 Å². The van der Waals surface area contributed by atoms with Crippen molar-refractivity contribution in [2.24, 2.45) is 0 Å². The number of rotatable bonds is 8. The zero-order valence-electron chi connectivity index (χ0n) is 18.0. The summed E-state index contributed by atoms with van der Waals surface area (Å²) in [5, 5.41) is 17.5. The summed E-state index contributed by atoms with van der Waals surface area (Å²) in [5.74, 6) is -0.140. The first kappa shape index (κ1) is 25.0. The van der Waals surface area contributed by atoms with Crippen molar-refractivity contribution in [2.75, 3.05) is 24.9 Å². The van der Waals surface area contributed by atoms with Crippen molar-refractivity contribution in [1.82, 2.24) is 5.32 Å². The van der Waals surface area contributed by atoms with Gasteiger partial charge in [-0.3, -0.25) is 9.18 Å². The Labute approximate surface area is 206 Å². The smallest absolute Gasteiger partial charge is 0.254 e. The molecule has 2 N–H and O–H groups in total. The first-order valence-electron chi connectivity index (χ1n) is 10.1. The second kappa shape index (κ2) is 11.5. The van der Waals surface area contributed by atoms with E-state index in [0.717, 1.165) is 0 Å². The van der Waals surface area contributed by atoms with Gasteiger partial charge in [-0.2, -0.15) is 5.26 Å². The van der Waals surface area contributed by atoms with Gasteiger partial charge in [-0.25, -0.2) is 0 Å². The zero-order chi connectivity index (χ0) is 24.0. The molecule has 1 unspecified atom stereocenters. The SMILES string of the molecule is COc1ccccc1NC(=O)C1=C(C)NC(SCCCF)=C(C#N)C1c1ccc(Cl)cc1Cl. The van der Waals surface area contributed by atoms with Crippen molar-refractivity contribution in [3.05, 3.63) is 79.9 Å². The minimum absolute atomic E-state index is 0.332. The first-order valence-corrected chi connectivity index (χ1v) is 11.9. The van der Waals surface area contributed by atoms with Gasteiger partial charge >= 0.3 is 0 Å². The van der Waals surface area contributed by atoms with Crippen LogP contribution in [0, 0.1) is 11.3 Å². The van der Waals surface area contributed by atoms with E-state index in [4.69, 9.17) is 27.9 Å². The van der Waals surface area contributed by atoms with E-state index in [2.05, 4.69) is 16.7 Å². The second-order valence-electron chi connectivity index (χ2n) is 7.16. The molecular formula is C24H22Cl2FN3O2S. The van der Waals surface area contributed by atoms with Gasteiger partial charge in [0.1, 0.15) is 5.75 Å². The van der Waals surface area contributed by atoms with Gasteiger partial charge in [0, 0.05) is 27.1 Å². The highest BCUT2D eigenvalue weighted by Gasteiger charge is 2.36. The number of carbonyl (C=O) groups is 1. The van der Waals surface area contributed by atoms with Crippen LogP contribution in [0.3, 0.4) is 0 Å². The minimum atomic E-state index is -0.733. The lowest BCUT2D eigenvalue weighted by Crippen LogP contribution is -2.31. The number of anilines is 1. The van der Waals surface area contributed by atoms with Gasteiger partial charge in [0.25, 0.3) is 5.91 Å². The molecule has 9 heteroatoms. The van der Waals surface area contributed by atoms with Crippen molar-refractivity contribution < 1.29 is 13.9 Å². The highest BCUT2D eigenvalue weighted by atomic mass is 35.5. The number of nitriles is 1. The molecule has 0 saturated heterocycles. The molecule has 172 valence electrons. The quantitative estimate of drug-likeness (QED) is 0.404. The first-order chi connectivity index (χ1) is 15.9. The molecule has 1 amide bonds. The van der Waals surface area contributed by atoms with Crippen LogP contribution >= 0.6 is 35.0 Å². The van der Waals surface area contributed by atoms with E-state index in [1.807, 2.05) is 0 Å². The van der Waals surface area contributed by atoms with E-state index in [9.17, 15) is 14.4 Å². The molecule has 2 aromatic rings. The van der Waals surface area contributed by atoms with Gasteiger partial charge in [0.05, 0.1) is 42.1 Å². The highest BCUT2D eigenvalue weighted by molar-refractivity contribution is 8.03. The van der Waals surface area contributed by atoms with Crippen molar-refractivity contribution in [1.29, 1.82) is 5.26 Å². The summed E-state index contributed by atoms with van der Waals surface area (Å²) in [6, 6.07) is 14.2. The number of para-hydroxylation sites is 2. The van der Waals surface area contributed by atoms with Crippen LogP contribution in [-0.2, 0) is 4.79 Å². The molecule has 0 aliphatic carbocycles. The number of hydrogen-bond acceptors (Lipinski definition) is 5. The predicted octanol–water partition coefficient (Wildman–Crippen LogP) is 6.43. The Morgan fingerprint density at radius 3 is 2.73 bits per heavy atom. The average Bonchev–Trinajstić information content (AvgIpc) is 2.79. The van der Waals surface area contributed by atoms with Gasteiger partial charge in [-0.1, -0.05) is 41.4 Å². The molecule has 0 spiro atoms. The molecule has 1 aliphatic heterocycles. The highest BCUT2D eigenvalue weighted by Crippen LogP contribution is 2.44.